The predicted molar refractivity (Wildman–Crippen MR) is 178 cm³/mol. The number of hydrogen-bond acceptors (Lipinski definition) is 6. The molecule has 11 heteroatoms. The number of hydrogen-bond donors (Lipinski definition) is 2. The molecular formula is C36H37FN6O4. The minimum atomic E-state index is -1.01. The van der Waals surface area contributed by atoms with Crippen LogP contribution in [0.4, 0.5) is 14.9 Å². The largest absolute Gasteiger partial charge is 0.436 e. The van der Waals surface area contributed by atoms with Crippen LogP contribution in [0, 0.1) is 12.7 Å². The Morgan fingerprint density at radius 3 is 2.45 bits per heavy atom. The van der Waals surface area contributed by atoms with Crippen LogP contribution >= 0.6 is 0 Å². The highest BCUT2D eigenvalue weighted by molar-refractivity contribution is 5.85. The van der Waals surface area contributed by atoms with Crippen LogP contribution in [-0.2, 0) is 16.0 Å². The van der Waals surface area contributed by atoms with E-state index in [4.69, 9.17) is 4.74 Å². The fourth-order valence-electron chi connectivity index (χ4n) is 6.90. The molecule has 7 rings (SSSR count). The number of H-pyrrole nitrogens is 2. The lowest BCUT2D eigenvalue weighted by Crippen LogP contribution is -2.53. The highest BCUT2D eigenvalue weighted by Gasteiger charge is 2.34. The summed E-state index contributed by atoms with van der Waals surface area (Å²) in [4.78, 5) is 48.9. The average Bonchev–Trinajstić information content (AvgIpc) is 3.57. The van der Waals surface area contributed by atoms with Crippen molar-refractivity contribution in [2.45, 2.75) is 38.2 Å². The Bertz CT molecular complexity index is 1970. The summed E-state index contributed by atoms with van der Waals surface area (Å²) in [5.74, 6) is -0.505. The summed E-state index contributed by atoms with van der Waals surface area (Å²) in [5.41, 5.74) is 5.14. The maximum absolute atomic E-state index is 14.0. The van der Waals surface area contributed by atoms with Crippen LogP contribution in [0.15, 0.2) is 77.7 Å². The second-order valence-electron chi connectivity index (χ2n) is 12.5. The first-order valence-corrected chi connectivity index (χ1v) is 16.1. The standard InChI is InChI=1S/C36H37FN6O4/c1-23-18-24(19-27-22-38-40-33(23)27)20-32(35(45)42-16-14-41(15-17-42)29-8-6-28(37)7-9-29)47-36(46)43-12-10-25(11-13-43)30-21-26-4-2-3-5-31(26)39-34(30)44/h2-9,18-19,21-22,25,32H,10-17,20H2,1H3,(H,38,40)(H,39,44)/t32-/m1/s1. The number of ether oxygens (including phenoxy) is 1. The lowest BCUT2D eigenvalue weighted by atomic mass is 9.89. The van der Waals surface area contributed by atoms with Crippen molar-refractivity contribution in [1.29, 1.82) is 0 Å². The number of amides is 2. The van der Waals surface area contributed by atoms with E-state index in [0.717, 1.165) is 44.2 Å². The van der Waals surface area contributed by atoms with E-state index in [1.165, 1.54) is 12.1 Å². The Labute approximate surface area is 271 Å². The molecule has 10 nitrogen and oxygen atoms in total. The van der Waals surface area contributed by atoms with E-state index < -0.39 is 12.2 Å². The fourth-order valence-corrected chi connectivity index (χ4v) is 6.90. The Kier molecular flexibility index (Phi) is 8.36. The summed E-state index contributed by atoms with van der Waals surface area (Å²) in [7, 11) is 0. The minimum Gasteiger partial charge on any atom is -0.436 e. The number of aryl methyl sites for hydroxylation is 1. The summed E-state index contributed by atoms with van der Waals surface area (Å²) < 4.78 is 19.5. The Balaban J connectivity index is 1.05. The lowest BCUT2D eigenvalue weighted by Gasteiger charge is -2.38. The first-order chi connectivity index (χ1) is 22.8. The molecule has 2 N–H and O–H groups in total. The SMILES string of the molecule is Cc1cc(C[C@@H](OC(=O)N2CCC(c3cc4ccccc4[nH]c3=O)CC2)C(=O)N2CCN(c3ccc(F)cc3)CC2)cc2cn[nH]c12. The van der Waals surface area contributed by atoms with E-state index in [-0.39, 0.29) is 29.6 Å². The fraction of sp³-hybridized carbons (Fsp3) is 0.333. The maximum atomic E-state index is 14.0. The number of pyridine rings is 1. The molecule has 242 valence electrons. The average molecular weight is 637 g/mol. The topological polar surface area (TPSA) is 115 Å². The summed E-state index contributed by atoms with van der Waals surface area (Å²) in [5, 5.41) is 9.05. The van der Waals surface area contributed by atoms with E-state index in [2.05, 4.69) is 20.1 Å². The van der Waals surface area contributed by atoms with E-state index in [1.807, 2.05) is 49.4 Å². The number of halogens is 1. The molecule has 0 bridgehead atoms. The van der Waals surface area contributed by atoms with Crippen LogP contribution < -0.4 is 10.5 Å². The second kappa shape index (κ2) is 12.9. The number of piperazine rings is 1. The predicted octanol–water partition coefficient (Wildman–Crippen LogP) is 5.13. The van der Waals surface area contributed by atoms with Crippen molar-refractivity contribution in [2.75, 3.05) is 44.2 Å². The zero-order valence-electron chi connectivity index (χ0n) is 26.2. The minimum absolute atomic E-state index is 0.0203. The van der Waals surface area contributed by atoms with Crippen molar-refractivity contribution in [2.24, 2.45) is 0 Å². The number of aromatic nitrogens is 3. The lowest BCUT2D eigenvalue weighted by molar-refractivity contribution is -0.141. The van der Waals surface area contributed by atoms with Crippen LogP contribution in [-0.4, -0.2) is 82.4 Å². The normalized spacial score (nSPS) is 16.5. The Morgan fingerprint density at radius 2 is 1.68 bits per heavy atom. The summed E-state index contributed by atoms with van der Waals surface area (Å²) in [6.07, 6.45) is 1.68. The van der Waals surface area contributed by atoms with Gasteiger partial charge in [-0.2, -0.15) is 5.10 Å². The first kappa shape index (κ1) is 30.5. The maximum Gasteiger partial charge on any atom is 0.410 e. The van der Waals surface area contributed by atoms with Gasteiger partial charge in [0.15, 0.2) is 6.10 Å². The number of anilines is 1. The van der Waals surface area contributed by atoms with Gasteiger partial charge in [0, 0.05) is 67.8 Å². The van der Waals surface area contributed by atoms with Crippen molar-refractivity contribution < 1.29 is 18.7 Å². The van der Waals surface area contributed by atoms with Gasteiger partial charge in [-0.05, 0) is 84.7 Å². The third-order valence-electron chi connectivity index (χ3n) is 9.50. The van der Waals surface area contributed by atoms with Crippen LogP contribution in [0.1, 0.15) is 35.4 Å². The third-order valence-corrected chi connectivity index (χ3v) is 9.50. The molecule has 4 heterocycles. The number of aromatic amines is 2. The molecule has 5 aromatic rings. The quantitative estimate of drug-likeness (QED) is 0.267. The molecule has 0 spiro atoms. The number of carbonyl (C=O) groups is 2. The number of rotatable bonds is 6. The monoisotopic (exact) mass is 636 g/mol. The number of nitrogens with one attached hydrogen (secondary N) is 2. The number of carbonyl (C=O) groups excluding carboxylic acids is 2. The van der Waals surface area contributed by atoms with Gasteiger partial charge in [-0.25, -0.2) is 9.18 Å². The highest BCUT2D eigenvalue weighted by Crippen LogP contribution is 2.28. The van der Waals surface area contributed by atoms with E-state index in [0.29, 0.717) is 52.1 Å². The molecule has 0 aliphatic carbocycles. The van der Waals surface area contributed by atoms with Gasteiger partial charge in [-0.15, -0.1) is 0 Å². The summed E-state index contributed by atoms with van der Waals surface area (Å²) in [6.45, 7) is 4.90. The molecule has 3 aromatic carbocycles. The molecule has 2 aromatic heterocycles. The van der Waals surface area contributed by atoms with Crippen molar-refractivity contribution in [1.82, 2.24) is 25.0 Å². The molecule has 2 aliphatic rings. The van der Waals surface area contributed by atoms with Crippen LogP contribution in [0.5, 0.6) is 0 Å². The van der Waals surface area contributed by atoms with Crippen LogP contribution in [0.3, 0.4) is 0 Å². The van der Waals surface area contributed by atoms with Crippen LogP contribution in [0.25, 0.3) is 21.8 Å². The summed E-state index contributed by atoms with van der Waals surface area (Å²) in [6, 6.07) is 20.0. The van der Waals surface area contributed by atoms with E-state index >= 15 is 0 Å². The molecular weight excluding hydrogens is 599 g/mol. The summed E-state index contributed by atoms with van der Waals surface area (Å²) >= 11 is 0. The van der Waals surface area contributed by atoms with E-state index in [9.17, 15) is 18.8 Å². The molecule has 0 unspecified atom stereocenters. The molecule has 2 fully saturated rings. The molecule has 0 saturated carbocycles. The number of benzene rings is 3. The van der Waals surface area contributed by atoms with Crippen molar-refractivity contribution >= 4 is 39.5 Å². The third kappa shape index (κ3) is 6.43. The second-order valence-corrected chi connectivity index (χ2v) is 12.5. The smallest absolute Gasteiger partial charge is 0.410 e. The number of fused-ring (bicyclic) bond motifs is 2. The molecule has 2 aliphatic heterocycles. The Hall–Kier alpha value is -5.19. The van der Waals surface area contributed by atoms with Crippen molar-refractivity contribution in [3.8, 4) is 0 Å². The number of para-hydroxylation sites is 1. The number of likely N-dealkylation sites (tertiary alicyclic amines) is 1. The molecule has 2 amide bonds. The number of nitrogens with zero attached hydrogens (tertiary/aromatic N) is 4. The van der Waals surface area contributed by atoms with E-state index in [1.54, 1.807) is 28.1 Å². The zero-order chi connectivity index (χ0) is 32.5. The van der Waals surface area contributed by atoms with Crippen LogP contribution in [0.2, 0.25) is 0 Å². The van der Waals surface area contributed by atoms with Crippen molar-refractivity contribution in [3.05, 3.63) is 106 Å². The number of piperidine rings is 1. The first-order valence-electron chi connectivity index (χ1n) is 16.1. The highest BCUT2D eigenvalue weighted by atomic mass is 19.1. The van der Waals surface area contributed by atoms with Gasteiger partial charge in [-0.1, -0.05) is 24.3 Å². The van der Waals surface area contributed by atoms with Gasteiger partial charge in [0.25, 0.3) is 11.5 Å². The molecule has 47 heavy (non-hydrogen) atoms. The Morgan fingerprint density at radius 1 is 0.936 bits per heavy atom. The van der Waals surface area contributed by atoms with Crippen molar-refractivity contribution in [3.63, 3.8) is 0 Å². The van der Waals surface area contributed by atoms with Gasteiger partial charge in [0.2, 0.25) is 0 Å². The zero-order valence-corrected chi connectivity index (χ0v) is 26.2. The molecule has 2 saturated heterocycles. The molecule has 1 atom stereocenters. The van der Waals surface area contributed by atoms with Gasteiger partial charge in [0.05, 0.1) is 11.7 Å². The van der Waals surface area contributed by atoms with Gasteiger partial charge in [0.1, 0.15) is 5.82 Å². The van der Waals surface area contributed by atoms with Gasteiger partial charge in [-0.3, -0.25) is 14.7 Å². The molecule has 0 radical (unpaired) electrons. The van der Waals surface area contributed by atoms with Gasteiger partial charge >= 0.3 is 6.09 Å². The van der Waals surface area contributed by atoms with Gasteiger partial charge < -0.3 is 24.4 Å².